The number of aryl methyl sites for hydroxylation is 4. The first kappa shape index (κ1) is 19.1. The molecule has 1 aromatic carbocycles. The van der Waals surface area contributed by atoms with E-state index in [1.54, 1.807) is 29.2 Å². The molecule has 0 unspecified atom stereocenters. The first-order valence-corrected chi connectivity index (χ1v) is 10.0. The van der Waals surface area contributed by atoms with Crippen molar-refractivity contribution in [3.05, 3.63) is 71.2 Å². The van der Waals surface area contributed by atoms with Crippen molar-refractivity contribution in [3.8, 4) is 0 Å². The van der Waals surface area contributed by atoms with Crippen LogP contribution in [0.3, 0.4) is 0 Å². The molecule has 0 radical (unpaired) electrons. The van der Waals surface area contributed by atoms with Crippen molar-refractivity contribution in [2.24, 2.45) is 7.05 Å². The summed E-state index contributed by atoms with van der Waals surface area (Å²) in [6, 6.07) is 11.7. The van der Waals surface area contributed by atoms with Gasteiger partial charge in [0, 0.05) is 23.5 Å². The minimum atomic E-state index is -0.215. The number of hydrogen-bond donors (Lipinski definition) is 1. The standard InChI is InChI=1S/C22H21N5OS/c1-13-7-8-19(14(2)10-13)29-22-17(6-5-9-23-22)21(28)25-16-11-18-15(3)26-27(4)20(18)24-12-16/h5-12H,1-4H3,(H,25,28). The summed E-state index contributed by atoms with van der Waals surface area (Å²) in [7, 11) is 1.85. The van der Waals surface area contributed by atoms with Crippen molar-refractivity contribution in [2.45, 2.75) is 30.7 Å². The average Bonchev–Trinajstić information content (AvgIpc) is 2.98. The van der Waals surface area contributed by atoms with Crippen LogP contribution in [-0.4, -0.2) is 25.7 Å². The Balaban J connectivity index is 1.62. The lowest BCUT2D eigenvalue weighted by molar-refractivity contribution is 0.102. The van der Waals surface area contributed by atoms with E-state index in [-0.39, 0.29) is 5.91 Å². The number of fused-ring (bicyclic) bond motifs is 1. The van der Waals surface area contributed by atoms with Crippen LogP contribution < -0.4 is 5.32 Å². The Hall–Kier alpha value is -3.19. The quantitative estimate of drug-likeness (QED) is 0.535. The van der Waals surface area contributed by atoms with Crippen molar-refractivity contribution >= 4 is 34.4 Å². The molecule has 0 aliphatic carbocycles. The second-order valence-electron chi connectivity index (χ2n) is 6.99. The molecule has 0 saturated heterocycles. The molecule has 29 heavy (non-hydrogen) atoms. The van der Waals surface area contributed by atoms with Crippen molar-refractivity contribution < 1.29 is 4.79 Å². The Bertz CT molecular complexity index is 1230. The van der Waals surface area contributed by atoms with E-state index in [1.165, 1.54) is 17.3 Å². The number of hydrogen-bond acceptors (Lipinski definition) is 5. The third-order valence-corrected chi connectivity index (χ3v) is 5.87. The van der Waals surface area contributed by atoms with Gasteiger partial charge in [-0.25, -0.2) is 9.97 Å². The molecule has 0 aliphatic rings. The predicted molar refractivity (Wildman–Crippen MR) is 115 cm³/mol. The van der Waals surface area contributed by atoms with Crippen LogP contribution in [0.1, 0.15) is 27.2 Å². The van der Waals surface area contributed by atoms with Gasteiger partial charge >= 0.3 is 0 Å². The summed E-state index contributed by atoms with van der Waals surface area (Å²) in [6.45, 7) is 6.06. The summed E-state index contributed by atoms with van der Waals surface area (Å²) < 4.78 is 1.73. The number of carbonyl (C=O) groups is 1. The molecule has 7 heteroatoms. The summed E-state index contributed by atoms with van der Waals surface area (Å²) in [5.41, 5.74) is 5.19. The number of anilines is 1. The van der Waals surface area contributed by atoms with Crippen LogP contribution in [0.5, 0.6) is 0 Å². The third kappa shape index (κ3) is 3.86. The van der Waals surface area contributed by atoms with Crippen molar-refractivity contribution in [2.75, 3.05) is 5.32 Å². The van der Waals surface area contributed by atoms with Gasteiger partial charge in [0.15, 0.2) is 5.65 Å². The lowest BCUT2D eigenvalue weighted by Crippen LogP contribution is -2.13. The van der Waals surface area contributed by atoms with E-state index in [2.05, 4.69) is 52.4 Å². The van der Waals surface area contributed by atoms with Gasteiger partial charge in [0.25, 0.3) is 5.91 Å². The highest BCUT2D eigenvalue weighted by Gasteiger charge is 2.16. The Labute approximate surface area is 173 Å². The van der Waals surface area contributed by atoms with Gasteiger partial charge in [-0.2, -0.15) is 5.10 Å². The van der Waals surface area contributed by atoms with E-state index < -0.39 is 0 Å². The van der Waals surface area contributed by atoms with Crippen molar-refractivity contribution in [3.63, 3.8) is 0 Å². The number of carbonyl (C=O) groups excluding carboxylic acids is 1. The summed E-state index contributed by atoms with van der Waals surface area (Å²) in [4.78, 5) is 22.9. The van der Waals surface area contributed by atoms with Gasteiger partial charge in [-0.3, -0.25) is 9.48 Å². The van der Waals surface area contributed by atoms with Crippen molar-refractivity contribution in [1.82, 2.24) is 19.7 Å². The lowest BCUT2D eigenvalue weighted by Gasteiger charge is -2.11. The highest BCUT2D eigenvalue weighted by Crippen LogP contribution is 2.32. The van der Waals surface area contributed by atoms with Gasteiger partial charge in [-0.05, 0) is 50.6 Å². The van der Waals surface area contributed by atoms with Gasteiger partial charge in [0.2, 0.25) is 0 Å². The second kappa shape index (κ2) is 7.67. The monoisotopic (exact) mass is 403 g/mol. The molecule has 1 amide bonds. The molecule has 4 rings (SSSR count). The molecule has 4 aromatic rings. The molecular formula is C22H21N5OS. The number of amides is 1. The smallest absolute Gasteiger partial charge is 0.258 e. The molecule has 3 heterocycles. The Morgan fingerprint density at radius 1 is 1.10 bits per heavy atom. The van der Waals surface area contributed by atoms with Crippen LogP contribution in [0.4, 0.5) is 5.69 Å². The highest BCUT2D eigenvalue weighted by atomic mass is 32.2. The normalized spacial score (nSPS) is 11.0. The molecule has 0 saturated carbocycles. The van der Waals surface area contributed by atoms with E-state index in [1.807, 2.05) is 20.0 Å². The molecule has 146 valence electrons. The number of nitrogens with one attached hydrogen (secondary N) is 1. The largest absolute Gasteiger partial charge is 0.320 e. The lowest BCUT2D eigenvalue weighted by atomic mass is 10.2. The van der Waals surface area contributed by atoms with Gasteiger partial charge in [-0.1, -0.05) is 29.5 Å². The highest BCUT2D eigenvalue weighted by molar-refractivity contribution is 7.99. The number of rotatable bonds is 4. The second-order valence-corrected chi connectivity index (χ2v) is 8.02. The van der Waals surface area contributed by atoms with Crippen LogP contribution in [0.25, 0.3) is 11.0 Å². The number of benzene rings is 1. The summed E-state index contributed by atoms with van der Waals surface area (Å²) in [5, 5.41) is 8.90. The molecule has 0 spiro atoms. The molecule has 6 nitrogen and oxygen atoms in total. The van der Waals surface area contributed by atoms with Crippen molar-refractivity contribution in [1.29, 1.82) is 0 Å². The maximum absolute atomic E-state index is 13.0. The summed E-state index contributed by atoms with van der Waals surface area (Å²) >= 11 is 1.50. The number of pyridine rings is 2. The zero-order valence-electron chi connectivity index (χ0n) is 16.7. The van der Waals surface area contributed by atoms with Crippen LogP contribution in [0, 0.1) is 20.8 Å². The van der Waals surface area contributed by atoms with Gasteiger partial charge in [0.05, 0.1) is 23.1 Å². The minimum Gasteiger partial charge on any atom is -0.320 e. The van der Waals surface area contributed by atoms with E-state index >= 15 is 0 Å². The Morgan fingerprint density at radius 2 is 1.93 bits per heavy atom. The maximum atomic E-state index is 13.0. The van der Waals surface area contributed by atoms with E-state index in [0.717, 1.165) is 27.2 Å². The SMILES string of the molecule is Cc1ccc(Sc2ncccc2C(=O)Nc2cnc3c(c2)c(C)nn3C)c(C)c1. The average molecular weight is 404 g/mol. The summed E-state index contributed by atoms with van der Waals surface area (Å²) in [6.07, 6.45) is 3.35. The molecule has 0 fully saturated rings. The van der Waals surface area contributed by atoms with Crippen LogP contribution in [0.2, 0.25) is 0 Å². The maximum Gasteiger partial charge on any atom is 0.258 e. The summed E-state index contributed by atoms with van der Waals surface area (Å²) in [5.74, 6) is -0.215. The first-order valence-electron chi connectivity index (χ1n) is 9.23. The van der Waals surface area contributed by atoms with E-state index in [9.17, 15) is 4.79 Å². The fourth-order valence-electron chi connectivity index (χ4n) is 3.24. The third-order valence-electron chi connectivity index (χ3n) is 4.67. The fourth-order valence-corrected chi connectivity index (χ4v) is 4.19. The fraction of sp³-hybridized carbons (Fsp3) is 0.182. The van der Waals surface area contributed by atoms with Gasteiger partial charge in [0.1, 0.15) is 5.03 Å². The van der Waals surface area contributed by atoms with Gasteiger partial charge < -0.3 is 5.32 Å². The molecule has 0 atom stereocenters. The van der Waals surface area contributed by atoms with E-state index in [0.29, 0.717) is 16.3 Å². The molecule has 3 aromatic heterocycles. The molecule has 1 N–H and O–H groups in total. The predicted octanol–water partition coefficient (Wildman–Crippen LogP) is 4.69. The molecule has 0 bridgehead atoms. The minimum absolute atomic E-state index is 0.215. The first-order chi connectivity index (χ1) is 13.9. The van der Waals surface area contributed by atoms with E-state index in [4.69, 9.17) is 0 Å². The topological polar surface area (TPSA) is 72.7 Å². The molecule has 0 aliphatic heterocycles. The number of nitrogens with zero attached hydrogens (tertiary/aromatic N) is 4. The van der Waals surface area contributed by atoms with Gasteiger partial charge in [-0.15, -0.1) is 0 Å². The number of aromatic nitrogens is 4. The zero-order chi connectivity index (χ0) is 20.5. The molecular weight excluding hydrogens is 382 g/mol. The van der Waals surface area contributed by atoms with Crippen LogP contribution >= 0.6 is 11.8 Å². The van der Waals surface area contributed by atoms with Crippen LogP contribution in [-0.2, 0) is 7.05 Å². The van der Waals surface area contributed by atoms with Crippen LogP contribution in [0.15, 0.2) is 58.7 Å². The Kier molecular flexibility index (Phi) is 5.07. The Morgan fingerprint density at radius 3 is 2.72 bits per heavy atom. The zero-order valence-corrected chi connectivity index (χ0v) is 17.5.